The molecule has 1 fully saturated rings. The highest BCUT2D eigenvalue weighted by atomic mass is 32.2. The molecule has 0 bridgehead atoms. The molecule has 1 N–H and O–H groups in total. The molecule has 0 saturated carbocycles. The first-order valence-electron chi connectivity index (χ1n) is 9.54. The van der Waals surface area contributed by atoms with Crippen LogP contribution < -0.4 is 0 Å². The first kappa shape index (κ1) is 19.8. The van der Waals surface area contributed by atoms with Gasteiger partial charge in [-0.3, -0.25) is 4.79 Å². The van der Waals surface area contributed by atoms with Crippen LogP contribution in [0.4, 0.5) is 0 Å². The maximum Gasteiger partial charge on any atom is 0.307 e. The summed E-state index contributed by atoms with van der Waals surface area (Å²) in [5.74, 6) is -0.899. The predicted octanol–water partition coefficient (Wildman–Crippen LogP) is 2.76. The van der Waals surface area contributed by atoms with E-state index in [1.54, 1.807) is 24.0 Å². The van der Waals surface area contributed by atoms with Crippen LogP contribution in [0.1, 0.15) is 18.4 Å². The lowest BCUT2D eigenvalue weighted by atomic mass is 10.1. The molecule has 2 unspecified atom stereocenters. The van der Waals surface area contributed by atoms with Gasteiger partial charge in [-0.25, -0.2) is 13.0 Å². The van der Waals surface area contributed by atoms with Crippen molar-refractivity contribution in [2.75, 3.05) is 20.2 Å². The zero-order chi connectivity index (χ0) is 20.4. The molecule has 1 saturated heterocycles. The van der Waals surface area contributed by atoms with E-state index in [0.717, 1.165) is 40.9 Å². The van der Waals surface area contributed by atoms with Crippen molar-refractivity contribution in [2.24, 2.45) is 0 Å². The van der Waals surface area contributed by atoms with Crippen LogP contribution in [-0.4, -0.2) is 55.5 Å². The molecule has 1 aliphatic rings. The lowest BCUT2D eigenvalue weighted by molar-refractivity contribution is -0.136. The van der Waals surface area contributed by atoms with E-state index in [2.05, 4.69) is 5.10 Å². The van der Waals surface area contributed by atoms with Gasteiger partial charge in [0, 0.05) is 32.0 Å². The average molecular weight is 413 g/mol. The summed E-state index contributed by atoms with van der Waals surface area (Å²) in [7, 11) is 0.389. The van der Waals surface area contributed by atoms with Gasteiger partial charge in [0.05, 0.1) is 29.1 Å². The minimum absolute atomic E-state index is 0.0906. The topological polar surface area (TPSA) is 84.1 Å². The number of aromatic nitrogens is 2. The number of fused-ring (bicyclic) bond motifs is 1. The summed E-state index contributed by atoms with van der Waals surface area (Å²) in [6.45, 7) is 1.41. The van der Waals surface area contributed by atoms with Gasteiger partial charge in [-0.2, -0.15) is 5.10 Å². The Morgan fingerprint density at radius 1 is 1.34 bits per heavy atom. The Morgan fingerprint density at radius 3 is 2.97 bits per heavy atom. The van der Waals surface area contributed by atoms with Gasteiger partial charge in [0.25, 0.3) is 0 Å². The fraction of sp³-hybridized carbons (Fsp3) is 0.333. The average Bonchev–Trinajstić information content (AvgIpc) is 3.14. The summed E-state index contributed by atoms with van der Waals surface area (Å²) in [5, 5.41) is 13.4. The Labute approximate surface area is 171 Å². The van der Waals surface area contributed by atoms with Crippen LogP contribution in [-0.2, 0) is 26.9 Å². The number of carboxylic acid groups (broad SMARTS) is 1. The molecule has 0 radical (unpaired) electrons. The van der Waals surface area contributed by atoms with Gasteiger partial charge >= 0.3 is 5.97 Å². The summed E-state index contributed by atoms with van der Waals surface area (Å²) >= 11 is 0. The normalized spacial score (nSPS) is 18.7. The largest absolute Gasteiger partial charge is 0.481 e. The molecule has 7 nitrogen and oxygen atoms in total. The number of ether oxygens (including phenoxy) is 1. The van der Waals surface area contributed by atoms with Gasteiger partial charge in [-0.15, -0.1) is 0 Å². The standard InChI is InChI=1S/C21H23N3O4S/c1-28-17-5-4-9-23(14-17)29(27)20-7-3-2-6-18(20)15-8-10-24-19(11-15)16(13-22-24)12-21(25)26/h2-3,6-8,10-11,13,17H,4-5,9,12,14H2,1H3,(H,25,26). The van der Waals surface area contributed by atoms with Crippen molar-refractivity contribution < 1.29 is 18.8 Å². The van der Waals surface area contributed by atoms with E-state index in [-0.39, 0.29) is 12.5 Å². The highest BCUT2D eigenvalue weighted by molar-refractivity contribution is 7.82. The maximum atomic E-state index is 13.4. The van der Waals surface area contributed by atoms with Crippen molar-refractivity contribution in [3.63, 3.8) is 0 Å². The highest BCUT2D eigenvalue weighted by Crippen LogP contribution is 2.30. The summed E-state index contributed by atoms with van der Waals surface area (Å²) in [6, 6.07) is 11.5. The minimum Gasteiger partial charge on any atom is -0.481 e. The van der Waals surface area contributed by atoms with E-state index in [0.29, 0.717) is 12.1 Å². The number of carbonyl (C=O) groups is 1. The fourth-order valence-corrected chi connectivity index (χ4v) is 5.19. The summed E-state index contributed by atoms with van der Waals surface area (Å²) in [5.41, 5.74) is 3.14. The molecule has 3 heterocycles. The number of hydrogen-bond acceptors (Lipinski definition) is 4. The van der Waals surface area contributed by atoms with Gasteiger partial charge in [-0.05, 0) is 42.2 Å². The van der Waals surface area contributed by atoms with E-state index >= 15 is 0 Å². The zero-order valence-corrected chi connectivity index (χ0v) is 17.0. The smallest absolute Gasteiger partial charge is 0.307 e. The number of pyridine rings is 1. The summed E-state index contributed by atoms with van der Waals surface area (Å²) in [4.78, 5) is 11.9. The van der Waals surface area contributed by atoms with Crippen LogP contribution in [0.3, 0.4) is 0 Å². The van der Waals surface area contributed by atoms with E-state index in [1.807, 2.05) is 40.7 Å². The highest BCUT2D eigenvalue weighted by Gasteiger charge is 2.26. The first-order valence-corrected chi connectivity index (χ1v) is 10.6. The summed E-state index contributed by atoms with van der Waals surface area (Å²) in [6.07, 6.45) is 5.32. The van der Waals surface area contributed by atoms with Crippen molar-refractivity contribution in [2.45, 2.75) is 30.3 Å². The molecular formula is C21H23N3O4S. The predicted molar refractivity (Wildman–Crippen MR) is 110 cm³/mol. The van der Waals surface area contributed by atoms with E-state index in [4.69, 9.17) is 9.84 Å². The second kappa shape index (κ2) is 8.44. The monoisotopic (exact) mass is 413 g/mol. The molecule has 152 valence electrons. The van der Waals surface area contributed by atoms with Crippen LogP contribution in [0.2, 0.25) is 0 Å². The van der Waals surface area contributed by atoms with Crippen LogP contribution >= 0.6 is 0 Å². The second-order valence-corrected chi connectivity index (χ2v) is 8.57. The van der Waals surface area contributed by atoms with E-state index in [9.17, 15) is 9.00 Å². The molecule has 2 aromatic heterocycles. The van der Waals surface area contributed by atoms with Gasteiger partial charge in [0.2, 0.25) is 0 Å². The maximum absolute atomic E-state index is 13.4. The Balaban J connectivity index is 1.71. The number of rotatable bonds is 6. The van der Waals surface area contributed by atoms with Gasteiger partial charge in [-0.1, -0.05) is 18.2 Å². The Kier molecular flexibility index (Phi) is 5.75. The molecule has 1 aliphatic heterocycles. The van der Waals surface area contributed by atoms with Gasteiger partial charge in [0.15, 0.2) is 0 Å². The lowest BCUT2D eigenvalue weighted by Crippen LogP contribution is -2.40. The van der Waals surface area contributed by atoms with Crippen molar-refractivity contribution >= 4 is 22.5 Å². The third-order valence-corrected chi connectivity index (χ3v) is 6.77. The first-order chi connectivity index (χ1) is 14.1. The van der Waals surface area contributed by atoms with E-state index < -0.39 is 17.0 Å². The third-order valence-electron chi connectivity index (χ3n) is 5.24. The zero-order valence-electron chi connectivity index (χ0n) is 16.2. The number of benzene rings is 1. The van der Waals surface area contributed by atoms with Crippen molar-refractivity contribution in [1.29, 1.82) is 0 Å². The van der Waals surface area contributed by atoms with Crippen molar-refractivity contribution in [3.05, 3.63) is 54.4 Å². The number of nitrogens with zero attached hydrogens (tertiary/aromatic N) is 3. The molecule has 0 aliphatic carbocycles. The third kappa shape index (κ3) is 4.10. The van der Waals surface area contributed by atoms with Gasteiger partial charge < -0.3 is 9.84 Å². The van der Waals surface area contributed by atoms with E-state index in [1.165, 1.54) is 0 Å². The Hall–Kier alpha value is -2.55. The molecule has 0 amide bonds. The Morgan fingerprint density at radius 2 is 2.17 bits per heavy atom. The molecule has 4 rings (SSSR count). The lowest BCUT2D eigenvalue weighted by Gasteiger charge is -2.31. The number of piperidine rings is 1. The number of hydrogen-bond donors (Lipinski definition) is 1. The second-order valence-electron chi connectivity index (χ2n) is 7.12. The molecule has 2 atom stereocenters. The van der Waals surface area contributed by atoms with Crippen LogP contribution in [0.15, 0.2) is 53.7 Å². The summed E-state index contributed by atoms with van der Waals surface area (Å²) < 4.78 is 22.5. The Bertz CT molecular complexity index is 1070. The SMILES string of the molecule is COC1CCCN(S(=O)c2ccccc2-c2ccn3ncc(CC(=O)O)c3c2)C1. The van der Waals surface area contributed by atoms with Crippen molar-refractivity contribution in [3.8, 4) is 11.1 Å². The van der Waals surface area contributed by atoms with Gasteiger partial charge in [0.1, 0.15) is 11.0 Å². The van der Waals surface area contributed by atoms with Crippen LogP contribution in [0, 0.1) is 0 Å². The number of carboxylic acids is 1. The number of methoxy groups -OCH3 is 1. The molecule has 0 spiro atoms. The minimum atomic E-state index is -1.31. The number of aliphatic carboxylic acids is 1. The quantitative estimate of drug-likeness (QED) is 0.672. The van der Waals surface area contributed by atoms with Crippen molar-refractivity contribution in [1.82, 2.24) is 13.9 Å². The molecule has 1 aromatic carbocycles. The van der Waals surface area contributed by atoms with Crippen LogP contribution in [0.5, 0.6) is 0 Å². The molecular weight excluding hydrogens is 390 g/mol. The molecule has 29 heavy (non-hydrogen) atoms. The fourth-order valence-electron chi connectivity index (χ4n) is 3.74. The van der Waals surface area contributed by atoms with Crippen LogP contribution in [0.25, 0.3) is 16.6 Å². The molecule has 8 heteroatoms. The molecule has 3 aromatic rings.